The van der Waals surface area contributed by atoms with E-state index in [-0.39, 0.29) is 30.3 Å². The van der Waals surface area contributed by atoms with Gasteiger partial charge in [-0.2, -0.15) is 0 Å². The molecule has 0 saturated carbocycles. The zero-order valence-electron chi connectivity index (χ0n) is 20.7. The minimum atomic E-state index is -0.951. The number of carbonyl (C=O) groups excluding carboxylic acids is 1. The summed E-state index contributed by atoms with van der Waals surface area (Å²) in [5, 5.41) is 20.8. The second kappa shape index (κ2) is 11.5. The number of aliphatic hydroxyl groups excluding tert-OH is 1. The number of anilines is 2. The third-order valence-electron chi connectivity index (χ3n) is 5.75. The van der Waals surface area contributed by atoms with Crippen molar-refractivity contribution in [2.75, 3.05) is 19.0 Å². The van der Waals surface area contributed by atoms with E-state index in [1.54, 1.807) is 61.5 Å². The van der Waals surface area contributed by atoms with E-state index in [1.165, 1.54) is 19.2 Å². The second-order valence-corrected chi connectivity index (χ2v) is 8.07. The molecule has 3 N–H and O–H groups in total. The zero-order chi connectivity index (χ0) is 27.2. The van der Waals surface area contributed by atoms with Crippen molar-refractivity contribution in [1.29, 1.82) is 5.41 Å². The highest BCUT2D eigenvalue weighted by Crippen LogP contribution is 2.27. The molecule has 0 fully saturated rings. The van der Waals surface area contributed by atoms with Crippen LogP contribution in [-0.2, 0) is 16.1 Å². The lowest BCUT2D eigenvalue weighted by atomic mass is 9.99. The monoisotopic (exact) mass is 516 g/mol. The summed E-state index contributed by atoms with van der Waals surface area (Å²) in [5.74, 6) is -1.07. The van der Waals surface area contributed by atoms with Crippen LogP contribution in [-0.4, -0.2) is 40.1 Å². The van der Waals surface area contributed by atoms with Crippen molar-refractivity contribution in [2.24, 2.45) is 0 Å². The number of carbonyl (C=O) groups is 1. The first-order valence-electron chi connectivity index (χ1n) is 11.7. The first-order valence-corrected chi connectivity index (χ1v) is 11.7. The fourth-order valence-electron chi connectivity index (χ4n) is 3.86. The molecule has 0 aliphatic rings. The topological polar surface area (TPSA) is 127 Å². The van der Waals surface area contributed by atoms with Crippen molar-refractivity contribution in [2.45, 2.75) is 13.5 Å². The molecule has 0 saturated heterocycles. The number of nitrogens with zero attached hydrogens (tertiary/aromatic N) is 2. The molecule has 0 aliphatic heterocycles. The number of aromatic nitrogens is 2. The number of nitrogens with one attached hydrogen (secondary N) is 2. The largest absolute Gasteiger partial charge is 0.497 e. The molecule has 38 heavy (non-hydrogen) atoms. The molecule has 10 heteroatoms. The summed E-state index contributed by atoms with van der Waals surface area (Å²) >= 11 is 0. The van der Waals surface area contributed by atoms with E-state index in [2.05, 4.69) is 10.3 Å². The Morgan fingerprint density at radius 2 is 1.87 bits per heavy atom. The molecule has 1 heterocycles. The Balaban J connectivity index is 1.81. The molecule has 4 aromatic rings. The lowest BCUT2D eigenvalue weighted by Gasteiger charge is -2.15. The van der Waals surface area contributed by atoms with Crippen LogP contribution < -0.4 is 15.6 Å². The van der Waals surface area contributed by atoms with Crippen molar-refractivity contribution in [1.82, 2.24) is 9.55 Å². The summed E-state index contributed by atoms with van der Waals surface area (Å²) in [4.78, 5) is 30.0. The molecule has 0 radical (unpaired) electrons. The second-order valence-electron chi connectivity index (χ2n) is 8.07. The van der Waals surface area contributed by atoms with Crippen LogP contribution in [0, 0.1) is 11.2 Å². The van der Waals surface area contributed by atoms with Gasteiger partial charge in [-0.05, 0) is 60.0 Å². The Bertz CT molecular complexity index is 1550. The molecular weight excluding hydrogens is 491 g/mol. The Labute approximate surface area is 217 Å². The summed E-state index contributed by atoms with van der Waals surface area (Å²) in [6.07, 6.45) is 1.06. The first kappa shape index (κ1) is 26.2. The van der Waals surface area contributed by atoms with Crippen molar-refractivity contribution in [3.8, 4) is 22.6 Å². The highest BCUT2D eigenvalue weighted by molar-refractivity contribution is 6.42. The molecular formula is C28H25FN4O5. The van der Waals surface area contributed by atoms with Crippen LogP contribution in [0.1, 0.15) is 18.2 Å². The Morgan fingerprint density at radius 1 is 1.13 bits per heavy atom. The number of methoxy groups -OCH3 is 1. The van der Waals surface area contributed by atoms with Gasteiger partial charge in [0.1, 0.15) is 29.3 Å². The van der Waals surface area contributed by atoms with Crippen LogP contribution in [0.2, 0.25) is 0 Å². The predicted octanol–water partition coefficient (Wildman–Crippen LogP) is 4.21. The Hall–Kier alpha value is -4.83. The number of hydrogen-bond acceptors (Lipinski definition) is 8. The molecule has 0 bridgehead atoms. The minimum absolute atomic E-state index is 0.0382. The number of halogens is 1. The molecule has 3 aromatic carbocycles. The Morgan fingerprint density at radius 3 is 2.53 bits per heavy atom. The van der Waals surface area contributed by atoms with E-state index in [9.17, 15) is 14.7 Å². The molecule has 0 unspecified atom stereocenters. The number of ether oxygens (including phenoxy) is 2. The van der Waals surface area contributed by atoms with Crippen LogP contribution >= 0.6 is 0 Å². The van der Waals surface area contributed by atoms with Gasteiger partial charge in [0.2, 0.25) is 0 Å². The SMILES string of the molecule is CCOC(=O)C(=N)c1ncn(-c2ccc(-c3ccccc3CO)cc2F)c(=O)c1Nc1ccc(OC)cc1. The number of hydrogen-bond donors (Lipinski definition) is 3. The molecule has 0 spiro atoms. The lowest BCUT2D eigenvalue weighted by Crippen LogP contribution is -2.28. The van der Waals surface area contributed by atoms with Crippen LogP contribution in [0.3, 0.4) is 0 Å². The molecule has 0 aliphatic carbocycles. The maximum absolute atomic E-state index is 15.4. The van der Waals surface area contributed by atoms with Crippen LogP contribution in [0.15, 0.2) is 77.9 Å². The van der Waals surface area contributed by atoms with Gasteiger partial charge < -0.3 is 19.9 Å². The molecule has 4 rings (SSSR count). The predicted molar refractivity (Wildman–Crippen MR) is 141 cm³/mol. The third kappa shape index (κ3) is 5.30. The number of rotatable bonds is 9. The van der Waals surface area contributed by atoms with Gasteiger partial charge in [0.25, 0.3) is 5.56 Å². The average Bonchev–Trinajstić information content (AvgIpc) is 2.94. The Kier molecular flexibility index (Phi) is 7.93. The summed E-state index contributed by atoms with van der Waals surface area (Å²) in [6.45, 7) is 1.42. The molecule has 1 aromatic heterocycles. The van der Waals surface area contributed by atoms with Gasteiger partial charge in [-0.15, -0.1) is 0 Å². The maximum Gasteiger partial charge on any atom is 0.358 e. The molecule has 0 amide bonds. The van der Waals surface area contributed by atoms with Crippen LogP contribution in [0.5, 0.6) is 5.75 Å². The molecule has 9 nitrogen and oxygen atoms in total. The lowest BCUT2D eigenvalue weighted by molar-refractivity contribution is -0.135. The van der Waals surface area contributed by atoms with E-state index in [4.69, 9.17) is 14.9 Å². The standard InChI is InChI=1S/C28H25FN4O5/c1-3-38-28(36)24(30)25-26(32-19-9-11-20(37-2)12-10-19)27(35)33(16-31-25)23-13-8-17(14-22(23)29)21-7-5-4-6-18(21)15-34/h4-14,16,30,32,34H,3,15H2,1-2H3. The first-order chi connectivity index (χ1) is 18.4. The van der Waals surface area contributed by atoms with Crippen LogP contribution in [0.4, 0.5) is 15.8 Å². The quantitative estimate of drug-likeness (QED) is 0.225. The van der Waals surface area contributed by atoms with E-state index >= 15 is 4.39 Å². The smallest absolute Gasteiger partial charge is 0.358 e. The third-order valence-corrected chi connectivity index (χ3v) is 5.75. The molecule has 194 valence electrons. The van der Waals surface area contributed by atoms with Crippen molar-refractivity contribution in [3.05, 3.63) is 100 Å². The van der Waals surface area contributed by atoms with E-state index in [0.717, 1.165) is 10.9 Å². The summed E-state index contributed by atoms with van der Waals surface area (Å²) in [7, 11) is 1.52. The summed E-state index contributed by atoms with van der Waals surface area (Å²) < 4.78 is 26.4. The van der Waals surface area contributed by atoms with Crippen molar-refractivity contribution in [3.63, 3.8) is 0 Å². The minimum Gasteiger partial charge on any atom is -0.497 e. The van der Waals surface area contributed by atoms with Crippen molar-refractivity contribution >= 4 is 23.1 Å². The van der Waals surface area contributed by atoms with Crippen molar-refractivity contribution < 1.29 is 23.8 Å². The van der Waals surface area contributed by atoms with Gasteiger partial charge in [-0.25, -0.2) is 14.2 Å². The highest BCUT2D eigenvalue weighted by atomic mass is 19.1. The van der Waals surface area contributed by atoms with Gasteiger partial charge in [-0.3, -0.25) is 14.8 Å². The maximum atomic E-state index is 15.4. The normalized spacial score (nSPS) is 10.6. The van der Waals surface area contributed by atoms with E-state index in [0.29, 0.717) is 28.1 Å². The zero-order valence-corrected chi connectivity index (χ0v) is 20.7. The van der Waals surface area contributed by atoms with Gasteiger partial charge in [0.05, 0.1) is 26.0 Å². The van der Waals surface area contributed by atoms with Gasteiger partial charge in [-0.1, -0.05) is 30.3 Å². The fourth-order valence-corrected chi connectivity index (χ4v) is 3.86. The number of aliphatic hydroxyl groups is 1. The highest BCUT2D eigenvalue weighted by Gasteiger charge is 2.23. The van der Waals surface area contributed by atoms with Gasteiger partial charge >= 0.3 is 5.97 Å². The fraction of sp³-hybridized carbons (Fsp3) is 0.143. The summed E-state index contributed by atoms with van der Waals surface area (Å²) in [6, 6.07) is 18.0. The van der Waals surface area contributed by atoms with Gasteiger partial charge in [0, 0.05) is 5.69 Å². The average molecular weight is 517 g/mol. The summed E-state index contributed by atoms with van der Waals surface area (Å²) in [5.41, 5.74) is 0.382. The van der Waals surface area contributed by atoms with Crippen LogP contribution in [0.25, 0.3) is 16.8 Å². The van der Waals surface area contributed by atoms with Gasteiger partial charge in [0.15, 0.2) is 5.71 Å². The van der Waals surface area contributed by atoms with E-state index < -0.39 is 23.1 Å². The number of esters is 1. The van der Waals surface area contributed by atoms with E-state index in [1.807, 2.05) is 0 Å². The molecule has 0 atom stereocenters. The number of benzene rings is 3.